The highest BCUT2D eigenvalue weighted by molar-refractivity contribution is 5.69. The van der Waals surface area contributed by atoms with E-state index in [-0.39, 0.29) is 11.4 Å². The van der Waals surface area contributed by atoms with Gasteiger partial charge < -0.3 is 10.5 Å². The second-order valence-corrected chi connectivity index (χ2v) is 5.66. The number of nitrogens with two attached hydrogens (primary N) is 1. The lowest BCUT2D eigenvalue weighted by Crippen LogP contribution is -2.19. The lowest BCUT2D eigenvalue weighted by molar-refractivity contribution is -0.144. The molecule has 0 aromatic rings. The third-order valence-electron chi connectivity index (χ3n) is 3.31. The second kappa shape index (κ2) is 6.24. The van der Waals surface area contributed by atoms with Crippen LogP contribution in [0.1, 0.15) is 52.4 Å². The molecule has 0 saturated heterocycles. The van der Waals surface area contributed by atoms with Crippen molar-refractivity contribution in [3.8, 4) is 0 Å². The normalized spacial score (nSPS) is 16.2. The Morgan fingerprint density at radius 2 is 2.06 bits per heavy atom. The van der Waals surface area contributed by atoms with E-state index in [0.29, 0.717) is 19.6 Å². The highest BCUT2D eigenvalue weighted by atomic mass is 16.5. The van der Waals surface area contributed by atoms with Crippen molar-refractivity contribution in [3.05, 3.63) is 0 Å². The van der Waals surface area contributed by atoms with Gasteiger partial charge in [0.05, 0.1) is 6.61 Å². The minimum Gasteiger partial charge on any atom is -0.466 e. The maximum atomic E-state index is 11.4. The third-order valence-corrected chi connectivity index (χ3v) is 3.31. The first-order valence-corrected chi connectivity index (χ1v) is 6.39. The van der Waals surface area contributed by atoms with Crippen LogP contribution in [0.25, 0.3) is 0 Å². The maximum Gasteiger partial charge on any atom is 0.305 e. The zero-order chi connectivity index (χ0) is 12.0. The van der Waals surface area contributed by atoms with Crippen molar-refractivity contribution in [2.75, 3.05) is 13.2 Å². The summed E-state index contributed by atoms with van der Waals surface area (Å²) in [5, 5.41) is 0. The summed E-state index contributed by atoms with van der Waals surface area (Å²) in [5.74, 6) is 0.784. The molecule has 0 aromatic heterocycles. The molecule has 1 saturated carbocycles. The van der Waals surface area contributed by atoms with Crippen LogP contribution < -0.4 is 5.73 Å². The molecular weight excluding hydrogens is 202 g/mol. The maximum absolute atomic E-state index is 11.4. The molecule has 0 heterocycles. The van der Waals surface area contributed by atoms with Crippen LogP contribution in [0, 0.1) is 11.3 Å². The lowest BCUT2D eigenvalue weighted by Gasteiger charge is -2.23. The summed E-state index contributed by atoms with van der Waals surface area (Å²) in [7, 11) is 0. The summed E-state index contributed by atoms with van der Waals surface area (Å²) >= 11 is 0. The highest BCUT2D eigenvalue weighted by Crippen LogP contribution is 2.32. The van der Waals surface area contributed by atoms with Gasteiger partial charge in [0, 0.05) is 6.42 Å². The molecule has 0 amide bonds. The number of rotatable bonds is 8. The van der Waals surface area contributed by atoms with Gasteiger partial charge >= 0.3 is 5.97 Å². The summed E-state index contributed by atoms with van der Waals surface area (Å²) in [4.78, 5) is 11.4. The zero-order valence-electron chi connectivity index (χ0n) is 10.6. The van der Waals surface area contributed by atoms with Crippen LogP contribution in [-0.2, 0) is 9.53 Å². The van der Waals surface area contributed by atoms with E-state index in [0.717, 1.165) is 25.2 Å². The first-order chi connectivity index (χ1) is 7.53. The van der Waals surface area contributed by atoms with Crippen LogP contribution in [0.3, 0.4) is 0 Å². The Kier molecular flexibility index (Phi) is 5.26. The molecule has 0 aromatic carbocycles. The topological polar surface area (TPSA) is 52.3 Å². The number of carbonyl (C=O) groups is 1. The SMILES string of the molecule is CC(C)(CCN)CCC(=O)OCCC1CC1. The second-order valence-electron chi connectivity index (χ2n) is 5.66. The van der Waals surface area contributed by atoms with Crippen LogP contribution >= 0.6 is 0 Å². The minimum absolute atomic E-state index is 0.0502. The Morgan fingerprint density at radius 1 is 1.38 bits per heavy atom. The molecule has 94 valence electrons. The van der Waals surface area contributed by atoms with Gasteiger partial charge in [0.2, 0.25) is 0 Å². The minimum atomic E-state index is -0.0502. The van der Waals surface area contributed by atoms with Crippen LogP contribution in [0.15, 0.2) is 0 Å². The third kappa shape index (κ3) is 6.11. The Labute approximate surface area is 98.7 Å². The predicted octanol–water partition coefficient (Wildman–Crippen LogP) is 2.48. The summed E-state index contributed by atoms with van der Waals surface area (Å²) in [5.41, 5.74) is 5.68. The molecule has 0 aliphatic heterocycles. The van der Waals surface area contributed by atoms with Gasteiger partial charge in [0.15, 0.2) is 0 Å². The lowest BCUT2D eigenvalue weighted by atomic mass is 9.84. The van der Waals surface area contributed by atoms with Gasteiger partial charge in [-0.1, -0.05) is 26.7 Å². The smallest absolute Gasteiger partial charge is 0.305 e. The van der Waals surface area contributed by atoms with E-state index < -0.39 is 0 Å². The van der Waals surface area contributed by atoms with E-state index in [1.165, 1.54) is 12.8 Å². The molecule has 3 heteroatoms. The number of esters is 1. The quantitative estimate of drug-likeness (QED) is 0.648. The monoisotopic (exact) mass is 227 g/mol. The summed E-state index contributed by atoms with van der Waals surface area (Å²) in [6.45, 7) is 5.60. The van der Waals surface area contributed by atoms with Gasteiger partial charge in [-0.15, -0.1) is 0 Å². The Balaban J connectivity index is 2.03. The fourth-order valence-corrected chi connectivity index (χ4v) is 1.77. The van der Waals surface area contributed by atoms with Crippen molar-refractivity contribution < 1.29 is 9.53 Å². The van der Waals surface area contributed by atoms with Crippen LogP contribution in [0.2, 0.25) is 0 Å². The molecule has 0 bridgehead atoms. The molecule has 0 spiro atoms. The van der Waals surface area contributed by atoms with Crippen molar-refractivity contribution in [1.82, 2.24) is 0 Å². The molecule has 1 rings (SSSR count). The number of hydrogen-bond donors (Lipinski definition) is 1. The molecule has 0 atom stereocenters. The number of carbonyl (C=O) groups excluding carboxylic acids is 1. The van der Waals surface area contributed by atoms with Gasteiger partial charge in [-0.25, -0.2) is 0 Å². The summed E-state index contributed by atoms with van der Waals surface area (Å²) < 4.78 is 5.20. The molecule has 0 unspecified atom stereocenters. The summed E-state index contributed by atoms with van der Waals surface area (Å²) in [6.07, 6.45) is 6.05. The standard InChI is InChI=1S/C13H25NO2/c1-13(2,8-9-14)7-5-12(15)16-10-6-11-3-4-11/h11H,3-10,14H2,1-2H3. The van der Waals surface area contributed by atoms with E-state index in [2.05, 4.69) is 13.8 Å². The van der Waals surface area contributed by atoms with Crippen molar-refractivity contribution in [3.63, 3.8) is 0 Å². The van der Waals surface area contributed by atoms with Crippen LogP contribution in [-0.4, -0.2) is 19.1 Å². The Hall–Kier alpha value is -0.570. The fraction of sp³-hybridized carbons (Fsp3) is 0.923. The highest BCUT2D eigenvalue weighted by Gasteiger charge is 2.22. The number of hydrogen-bond acceptors (Lipinski definition) is 3. The first kappa shape index (κ1) is 13.5. The van der Waals surface area contributed by atoms with Gasteiger partial charge in [0.1, 0.15) is 0 Å². The molecule has 1 aliphatic rings. The number of ether oxygens (including phenoxy) is 1. The van der Waals surface area contributed by atoms with E-state index in [4.69, 9.17) is 10.5 Å². The average molecular weight is 227 g/mol. The molecule has 1 fully saturated rings. The molecule has 3 nitrogen and oxygen atoms in total. The molecule has 1 aliphatic carbocycles. The van der Waals surface area contributed by atoms with Gasteiger partial charge in [-0.3, -0.25) is 4.79 Å². The van der Waals surface area contributed by atoms with E-state index in [9.17, 15) is 4.79 Å². The van der Waals surface area contributed by atoms with E-state index >= 15 is 0 Å². The van der Waals surface area contributed by atoms with Crippen molar-refractivity contribution in [2.24, 2.45) is 17.1 Å². The summed E-state index contributed by atoms with van der Waals surface area (Å²) in [6, 6.07) is 0. The van der Waals surface area contributed by atoms with Gasteiger partial charge in [0.25, 0.3) is 0 Å². The van der Waals surface area contributed by atoms with E-state index in [1.807, 2.05) is 0 Å². The Morgan fingerprint density at radius 3 is 2.62 bits per heavy atom. The first-order valence-electron chi connectivity index (χ1n) is 6.39. The average Bonchev–Trinajstić information content (AvgIpc) is 2.99. The largest absolute Gasteiger partial charge is 0.466 e. The van der Waals surface area contributed by atoms with Crippen molar-refractivity contribution >= 4 is 5.97 Å². The molecular formula is C13H25NO2. The van der Waals surface area contributed by atoms with Crippen molar-refractivity contribution in [1.29, 1.82) is 0 Å². The zero-order valence-corrected chi connectivity index (χ0v) is 10.6. The predicted molar refractivity (Wildman–Crippen MR) is 65.0 cm³/mol. The van der Waals surface area contributed by atoms with E-state index in [1.54, 1.807) is 0 Å². The molecule has 0 radical (unpaired) electrons. The molecule has 2 N–H and O–H groups in total. The molecule has 16 heavy (non-hydrogen) atoms. The van der Waals surface area contributed by atoms with Crippen LogP contribution in [0.4, 0.5) is 0 Å². The van der Waals surface area contributed by atoms with Gasteiger partial charge in [-0.2, -0.15) is 0 Å². The van der Waals surface area contributed by atoms with Crippen LogP contribution in [0.5, 0.6) is 0 Å². The van der Waals surface area contributed by atoms with Gasteiger partial charge in [-0.05, 0) is 37.1 Å². The Bertz CT molecular complexity index is 222. The van der Waals surface area contributed by atoms with Crippen molar-refractivity contribution in [2.45, 2.75) is 52.4 Å². The fourth-order valence-electron chi connectivity index (χ4n) is 1.77.